The molecule has 2 rings (SSSR count). The normalized spacial score (nSPS) is 10.6. The lowest BCUT2D eigenvalue weighted by molar-refractivity contribution is 0.481. The minimum absolute atomic E-state index is 0.344. The van der Waals surface area contributed by atoms with Crippen LogP contribution in [0.2, 0.25) is 0 Å². The van der Waals surface area contributed by atoms with E-state index in [0.29, 0.717) is 5.75 Å². The molecule has 2 aromatic rings. The number of nitrogens with one attached hydrogen (secondary N) is 1. The number of phenolic OH excluding ortho intramolecular Hbond substituents is 1. The van der Waals surface area contributed by atoms with Crippen LogP contribution in [0.4, 0.5) is 5.69 Å². The second kappa shape index (κ2) is 4.88. The maximum absolute atomic E-state index is 9.74. The minimum atomic E-state index is 0.344. The number of aromatic hydroxyl groups is 1. The van der Waals surface area contributed by atoms with Gasteiger partial charge in [0.1, 0.15) is 5.75 Å². The van der Waals surface area contributed by atoms with Crippen molar-refractivity contribution in [2.45, 2.75) is 19.8 Å². The van der Waals surface area contributed by atoms with Crippen LogP contribution in [0.5, 0.6) is 5.75 Å². The van der Waals surface area contributed by atoms with Crippen LogP contribution in [-0.2, 0) is 0 Å². The van der Waals surface area contributed by atoms with E-state index in [1.807, 2.05) is 24.3 Å². The third-order valence-corrected chi connectivity index (χ3v) is 2.72. The Bertz CT molecular complexity index is 479. The van der Waals surface area contributed by atoms with Gasteiger partial charge in [0.2, 0.25) is 0 Å². The zero-order valence-corrected chi connectivity index (χ0v) is 9.53. The highest BCUT2D eigenvalue weighted by molar-refractivity contribution is 5.90. The summed E-state index contributed by atoms with van der Waals surface area (Å²) in [6.45, 7) is 3.16. The quantitative estimate of drug-likeness (QED) is 0.761. The molecule has 0 fully saturated rings. The van der Waals surface area contributed by atoms with Gasteiger partial charge >= 0.3 is 0 Å². The molecule has 0 aliphatic rings. The van der Waals surface area contributed by atoms with Gasteiger partial charge in [-0.1, -0.05) is 31.5 Å². The molecule has 0 heterocycles. The average Bonchev–Trinajstić information content (AvgIpc) is 2.30. The lowest BCUT2D eigenvalue weighted by Gasteiger charge is -2.07. The Balaban J connectivity index is 2.25. The minimum Gasteiger partial charge on any atom is -0.507 e. The van der Waals surface area contributed by atoms with Crippen LogP contribution < -0.4 is 5.32 Å². The molecule has 2 nitrogen and oxygen atoms in total. The van der Waals surface area contributed by atoms with Crippen molar-refractivity contribution < 1.29 is 5.11 Å². The van der Waals surface area contributed by atoms with Crippen LogP contribution in [0, 0.1) is 0 Å². The number of fused-ring (bicyclic) bond motifs is 1. The molecule has 0 saturated carbocycles. The summed E-state index contributed by atoms with van der Waals surface area (Å²) in [5.41, 5.74) is 1.07. The first-order valence-electron chi connectivity index (χ1n) is 5.77. The number of hydrogen-bond donors (Lipinski definition) is 2. The molecule has 0 atom stereocenters. The Hall–Kier alpha value is -1.70. The summed E-state index contributed by atoms with van der Waals surface area (Å²) in [7, 11) is 0. The third kappa shape index (κ3) is 2.27. The second-order valence-electron chi connectivity index (χ2n) is 3.99. The average molecular weight is 215 g/mol. The summed E-state index contributed by atoms with van der Waals surface area (Å²) < 4.78 is 0. The predicted octanol–water partition coefficient (Wildman–Crippen LogP) is 3.76. The van der Waals surface area contributed by atoms with Crippen molar-refractivity contribution in [3.8, 4) is 5.75 Å². The Labute approximate surface area is 95.9 Å². The van der Waals surface area contributed by atoms with E-state index in [-0.39, 0.29) is 0 Å². The van der Waals surface area contributed by atoms with Crippen LogP contribution >= 0.6 is 0 Å². The Kier molecular flexibility index (Phi) is 3.30. The summed E-state index contributed by atoms with van der Waals surface area (Å²) in [6.07, 6.45) is 2.35. The SMILES string of the molecule is CCCCNc1ccc2cccc(O)c2c1. The second-order valence-corrected chi connectivity index (χ2v) is 3.99. The van der Waals surface area contributed by atoms with Gasteiger partial charge in [0, 0.05) is 17.6 Å². The van der Waals surface area contributed by atoms with Crippen LogP contribution in [0.3, 0.4) is 0 Å². The van der Waals surface area contributed by atoms with Crippen molar-refractivity contribution in [1.29, 1.82) is 0 Å². The molecular formula is C14H17NO. The molecule has 0 radical (unpaired) electrons. The van der Waals surface area contributed by atoms with Crippen molar-refractivity contribution in [2.75, 3.05) is 11.9 Å². The zero-order valence-electron chi connectivity index (χ0n) is 9.53. The molecule has 2 aromatic carbocycles. The van der Waals surface area contributed by atoms with Crippen LogP contribution in [0.1, 0.15) is 19.8 Å². The van der Waals surface area contributed by atoms with E-state index in [0.717, 1.165) is 23.0 Å². The first-order valence-corrected chi connectivity index (χ1v) is 5.77. The highest BCUT2D eigenvalue weighted by Gasteiger charge is 2.00. The van der Waals surface area contributed by atoms with E-state index in [9.17, 15) is 5.11 Å². The number of anilines is 1. The van der Waals surface area contributed by atoms with Gasteiger partial charge in [-0.15, -0.1) is 0 Å². The summed E-state index contributed by atoms with van der Waals surface area (Å²) in [4.78, 5) is 0. The van der Waals surface area contributed by atoms with Crippen molar-refractivity contribution in [1.82, 2.24) is 0 Å². The molecule has 2 heteroatoms. The van der Waals surface area contributed by atoms with E-state index in [1.54, 1.807) is 6.07 Å². The standard InChI is InChI=1S/C14H17NO/c1-2-3-9-15-12-8-7-11-5-4-6-14(16)13(11)10-12/h4-8,10,15-16H,2-3,9H2,1H3. The number of hydrogen-bond acceptors (Lipinski definition) is 2. The molecule has 16 heavy (non-hydrogen) atoms. The van der Waals surface area contributed by atoms with E-state index >= 15 is 0 Å². The van der Waals surface area contributed by atoms with Crippen molar-refractivity contribution in [2.24, 2.45) is 0 Å². The first-order chi connectivity index (χ1) is 7.81. The van der Waals surface area contributed by atoms with Gasteiger partial charge in [0.05, 0.1) is 0 Å². The fourth-order valence-electron chi connectivity index (χ4n) is 1.78. The summed E-state index contributed by atoms with van der Waals surface area (Å²) >= 11 is 0. The molecule has 0 spiro atoms. The summed E-state index contributed by atoms with van der Waals surface area (Å²) in [5.74, 6) is 0.344. The lowest BCUT2D eigenvalue weighted by atomic mass is 10.1. The van der Waals surface area contributed by atoms with E-state index in [4.69, 9.17) is 0 Å². The van der Waals surface area contributed by atoms with Crippen molar-refractivity contribution in [3.63, 3.8) is 0 Å². The molecule has 0 aliphatic carbocycles. The molecule has 0 unspecified atom stereocenters. The smallest absolute Gasteiger partial charge is 0.123 e. The van der Waals surface area contributed by atoms with Gasteiger partial charge < -0.3 is 10.4 Å². The first kappa shape index (κ1) is 10.8. The number of unbranched alkanes of at least 4 members (excludes halogenated alkanes) is 1. The Morgan fingerprint density at radius 3 is 2.88 bits per heavy atom. The monoisotopic (exact) mass is 215 g/mol. The molecule has 0 amide bonds. The number of phenols is 1. The topological polar surface area (TPSA) is 32.3 Å². The van der Waals surface area contributed by atoms with Crippen LogP contribution in [0.15, 0.2) is 36.4 Å². The number of benzene rings is 2. The van der Waals surface area contributed by atoms with Gasteiger partial charge in [-0.2, -0.15) is 0 Å². The van der Waals surface area contributed by atoms with Gasteiger partial charge in [0.15, 0.2) is 0 Å². The largest absolute Gasteiger partial charge is 0.507 e. The molecule has 2 N–H and O–H groups in total. The van der Waals surface area contributed by atoms with Crippen molar-refractivity contribution in [3.05, 3.63) is 36.4 Å². The highest BCUT2D eigenvalue weighted by Crippen LogP contribution is 2.26. The van der Waals surface area contributed by atoms with Gasteiger partial charge in [-0.25, -0.2) is 0 Å². The molecule has 84 valence electrons. The highest BCUT2D eigenvalue weighted by atomic mass is 16.3. The Morgan fingerprint density at radius 1 is 1.19 bits per heavy atom. The maximum atomic E-state index is 9.74. The zero-order chi connectivity index (χ0) is 11.4. The van der Waals surface area contributed by atoms with Crippen LogP contribution in [0.25, 0.3) is 10.8 Å². The Morgan fingerprint density at radius 2 is 2.06 bits per heavy atom. The van der Waals surface area contributed by atoms with Gasteiger partial charge in [-0.05, 0) is 30.0 Å². The van der Waals surface area contributed by atoms with Crippen LogP contribution in [-0.4, -0.2) is 11.7 Å². The molecule has 0 aromatic heterocycles. The molecule has 0 aliphatic heterocycles. The van der Waals surface area contributed by atoms with E-state index in [2.05, 4.69) is 18.3 Å². The number of rotatable bonds is 4. The maximum Gasteiger partial charge on any atom is 0.123 e. The molecule has 0 saturated heterocycles. The van der Waals surface area contributed by atoms with E-state index < -0.39 is 0 Å². The summed E-state index contributed by atoms with van der Waals surface area (Å²) in [6, 6.07) is 11.7. The fraction of sp³-hybridized carbons (Fsp3) is 0.286. The molecular weight excluding hydrogens is 198 g/mol. The van der Waals surface area contributed by atoms with E-state index in [1.165, 1.54) is 12.8 Å². The lowest BCUT2D eigenvalue weighted by Crippen LogP contribution is -2.00. The predicted molar refractivity (Wildman–Crippen MR) is 69.0 cm³/mol. The molecule has 0 bridgehead atoms. The van der Waals surface area contributed by atoms with Gasteiger partial charge in [0.25, 0.3) is 0 Å². The van der Waals surface area contributed by atoms with Crippen molar-refractivity contribution >= 4 is 16.5 Å². The third-order valence-electron chi connectivity index (χ3n) is 2.72. The summed E-state index contributed by atoms with van der Waals surface area (Å²) in [5, 5.41) is 15.1. The van der Waals surface area contributed by atoms with Gasteiger partial charge in [-0.3, -0.25) is 0 Å². The fourth-order valence-corrected chi connectivity index (χ4v) is 1.78.